The largest absolute Gasteiger partial charge is 0.497 e. The molecular formula is C21H22N4O3. The van der Waals surface area contributed by atoms with Crippen molar-refractivity contribution in [3.05, 3.63) is 63.9 Å². The third-order valence-corrected chi connectivity index (χ3v) is 4.69. The normalized spacial score (nSPS) is 11.9. The smallest absolute Gasteiger partial charge is 0.434 e. The first-order valence-corrected chi connectivity index (χ1v) is 9.06. The van der Waals surface area contributed by atoms with E-state index >= 15 is 0 Å². The van der Waals surface area contributed by atoms with E-state index < -0.39 is 5.76 Å². The number of hydrogen-bond donors (Lipinski definition) is 2. The second-order valence-corrected chi connectivity index (χ2v) is 7.75. The molecule has 1 aromatic carbocycles. The zero-order valence-corrected chi connectivity index (χ0v) is 16.3. The van der Waals surface area contributed by atoms with Crippen LogP contribution in [0.15, 0.2) is 45.6 Å². The van der Waals surface area contributed by atoms with Crippen LogP contribution in [0.1, 0.15) is 37.7 Å². The number of ether oxygens (including phenoxy) is 1. The zero-order valence-electron chi connectivity index (χ0n) is 16.3. The first-order chi connectivity index (χ1) is 13.3. The van der Waals surface area contributed by atoms with Gasteiger partial charge in [0.2, 0.25) is 0 Å². The summed E-state index contributed by atoms with van der Waals surface area (Å²) in [5, 5.41) is 7.27. The average Bonchev–Trinajstić information content (AvgIpc) is 3.25. The summed E-state index contributed by atoms with van der Waals surface area (Å²) >= 11 is 0. The Morgan fingerprint density at radius 1 is 1.18 bits per heavy atom. The van der Waals surface area contributed by atoms with Gasteiger partial charge in [-0.3, -0.25) is 0 Å². The Hall–Kier alpha value is -3.35. The fraction of sp³-hybridized carbons (Fsp3) is 0.286. The molecule has 4 aromatic rings. The highest BCUT2D eigenvalue weighted by Crippen LogP contribution is 2.34. The van der Waals surface area contributed by atoms with Crippen molar-refractivity contribution in [1.29, 1.82) is 0 Å². The standard InChI is InChI=1S/C21H22N4O3/c1-21(2,3)18-15(14-9-8-13(27-4)11-17(14)23-18)10-12-6-5-7-16(22-12)19-24-25-20(26)28-19/h5-9,11,23H,10H2,1-4H3,(H,25,26). The lowest BCUT2D eigenvalue weighted by molar-refractivity contribution is 0.415. The van der Waals surface area contributed by atoms with Crippen LogP contribution in [0.4, 0.5) is 0 Å². The van der Waals surface area contributed by atoms with Crippen LogP contribution in [-0.4, -0.2) is 27.3 Å². The molecule has 0 saturated heterocycles. The molecule has 28 heavy (non-hydrogen) atoms. The van der Waals surface area contributed by atoms with Gasteiger partial charge in [0.25, 0.3) is 5.89 Å². The predicted octanol–water partition coefficient (Wildman–Crippen LogP) is 3.80. The number of nitrogens with zero attached hydrogens (tertiary/aromatic N) is 2. The van der Waals surface area contributed by atoms with Crippen molar-refractivity contribution in [1.82, 2.24) is 20.2 Å². The highest BCUT2D eigenvalue weighted by molar-refractivity contribution is 5.86. The van der Waals surface area contributed by atoms with Gasteiger partial charge in [0.1, 0.15) is 11.4 Å². The molecule has 0 radical (unpaired) electrons. The molecule has 3 aromatic heterocycles. The minimum atomic E-state index is -0.595. The summed E-state index contributed by atoms with van der Waals surface area (Å²) in [4.78, 5) is 19.4. The molecule has 0 saturated carbocycles. The molecule has 3 heterocycles. The molecule has 4 rings (SSSR count). The van der Waals surface area contributed by atoms with E-state index in [9.17, 15) is 4.79 Å². The Balaban J connectivity index is 1.80. The maximum atomic E-state index is 11.2. The summed E-state index contributed by atoms with van der Waals surface area (Å²) in [6.07, 6.45) is 0.640. The minimum absolute atomic E-state index is 0.0613. The van der Waals surface area contributed by atoms with Gasteiger partial charge in [-0.15, -0.1) is 5.10 Å². The van der Waals surface area contributed by atoms with Gasteiger partial charge in [-0.2, -0.15) is 0 Å². The van der Waals surface area contributed by atoms with Gasteiger partial charge in [0.05, 0.1) is 7.11 Å². The maximum Gasteiger partial charge on any atom is 0.434 e. The van der Waals surface area contributed by atoms with Crippen LogP contribution in [0.2, 0.25) is 0 Å². The van der Waals surface area contributed by atoms with Crippen molar-refractivity contribution in [2.24, 2.45) is 0 Å². The lowest BCUT2D eigenvalue weighted by Crippen LogP contribution is -2.14. The van der Waals surface area contributed by atoms with E-state index in [1.165, 1.54) is 5.56 Å². The molecule has 0 unspecified atom stereocenters. The van der Waals surface area contributed by atoms with Crippen LogP contribution in [0, 0.1) is 0 Å². The van der Waals surface area contributed by atoms with Crippen molar-refractivity contribution in [3.8, 4) is 17.3 Å². The number of benzene rings is 1. The van der Waals surface area contributed by atoms with Crippen molar-refractivity contribution < 1.29 is 9.15 Å². The van der Waals surface area contributed by atoms with E-state index in [1.54, 1.807) is 13.2 Å². The fourth-order valence-electron chi connectivity index (χ4n) is 3.40. The highest BCUT2D eigenvalue weighted by atomic mass is 16.5. The monoisotopic (exact) mass is 378 g/mol. The van der Waals surface area contributed by atoms with Crippen molar-refractivity contribution in [3.63, 3.8) is 0 Å². The molecular weight excluding hydrogens is 356 g/mol. The Morgan fingerprint density at radius 3 is 2.68 bits per heavy atom. The van der Waals surface area contributed by atoms with Crippen molar-refractivity contribution >= 4 is 10.9 Å². The number of fused-ring (bicyclic) bond motifs is 1. The molecule has 0 aliphatic rings. The summed E-state index contributed by atoms with van der Waals surface area (Å²) in [6, 6.07) is 11.7. The Morgan fingerprint density at radius 2 is 2.00 bits per heavy atom. The summed E-state index contributed by atoms with van der Waals surface area (Å²) in [5.74, 6) is 0.406. The van der Waals surface area contributed by atoms with Gasteiger partial charge >= 0.3 is 5.76 Å². The van der Waals surface area contributed by atoms with Crippen LogP contribution in [0.25, 0.3) is 22.5 Å². The number of hydrogen-bond acceptors (Lipinski definition) is 5. The summed E-state index contributed by atoms with van der Waals surface area (Å²) in [7, 11) is 1.67. The lowest BCUT2D eigenvalue weighted by atomic mass is 9.87. The Kier molecular flexibility index (Phi) is 4.30. The topological polar surface area (TPSA) is 96.8 Å². The maximum absolute atomic E-state index is 11.2. The molecule has 0 aliphatic carbocycles. The number of methoxy groups -OCH3 is 1. The Labute approximate surface area is 161 Å². The number of pyridine rings is 1. The van der Waals surface area contributed by atoms with Crippen molar-refractivity contribution in [2.45, 2.75) is 32.6 Å². The number of rotatable bonds is 4. The molecule has 0 aliphatic heterocycles. The van der Waals surface area contributed by atoms with Crippen LogP contribution in [0.5, 0.6) is 5.75 Å². The molecule has 0 fully saturated rings. The van der Waals surface area contributed by atoms with E-state index in [0.29, 0.717) is 12.1 Å². The number of H-pyrrole nitrogens is 2. The van der Waals surface area contributed by atoms with Crippen LogP contribution in [-0.2, 0) is 11.8 Å². The van der Waals surface area contributed by atoms with E-state index in [0.717, 1.165) is 28.0 Å². The minimum Gasteiger partial charge on any atom is -0.497 e. The third-order valence-electron chi connectivity index (χ3n) is 4.69. The van der Waals surface area contributed by atoms with Gasteiger partial charge in [0, 0.05) is 40.2 Å². The number of aromatic nitrogens is 4. The van der Waals surface area contributed by atoms with E-state index in [2.05, 4.69) is 47.0 Å². The predicted molar refractivity (Wildman–Crippen MR) is 107 cm³/mol. The summed E-state index contributed by atoms with van der Waals surface area (Å²) < 4.78 is 10.4. The van der Waals surface area contributed by atoms with E-state index in [1.807, 2.05) is 24.3 Å². The van der Waals surface area contributed by atoms with Crippen LogP contribution >= 0.6 is 0 Å². The molecule has 7 nitrogen and oxygen atoms in total. The third kappa shape index (κ3) is 3.31. The second-order valence-electron chi connectivity index (χ2n) is 7.75. The first-order valence-electron chi connectivity index (χ1n) is 9.06. The van der Waals surface area contributed by atoms with Crippen molar-refractivity contribution in [2.75, 3.05) is 7.11 Å². The van der Waals surface area contributed by atoms with Gasteiger partial charge in [-0.1, -0.05) is 26.8 Å². The highest BCUT2D eigenvalue weighted by Gasteiger charge is 2.23. The molecule has 0 bridgehead atoms. The van der Waals surface area contributed by atoms with Gasteiger partial charge < -0.3 is 14.1 Å². The zero-order chi connectivity index (χ0) is 19.9. The quantitative estimate of drug-likeness (QED) is 0.563. The van der Waals surface area contributed by atoms with E-state index in [-0.39, 0.29) is 11.3 Å². The number of aromatic amines is 2. The molecule has 0 spiro atoms. The second kappa shape index (κ2) is 6.67. The van der Waals surface area contributed by atoms with Gasteiger partial charge in [-0.05, 0) is 29.8 Å². The average molecular weight is 378 g/mol. The fourth-order valence-corrected chi connectivity index (χ4v) is 3.40. The van der Waals surface area contributed by atoms with Gasteiger partial charge in [0.15, 0.2) is 0 Å². The molecule has 0 amide bonds. The van der Waals surface area contributed by atoms with Gasteiger partial charge in [-0.25, -0.2) is 14.9 Å². The van der Waals surface area contributed by atoms with E-state index in [4.69, 9.17) is 9.15 Å². The van der Waals surface area contributed by atoms with Crippen LogP contribution < -0.4 is 10.5 Å². The molecule has 0 atom stereocenters. The molecule has 7 heteroatoms. The SMILES string of the molecule is COc1ccc2c(Cc3cccc(-c4n[nH]c(=O)o4)n3)c(C(C)(C)C)[nH]c2c1. The van der Waals surface area contributed by atoms with Crippen LogP contribution in [0.3, 0.4) is 0 Å². The summed E-state index contributed by atoms with van der Waals surface area (Å²) in [6.45, 7) is 6.54. The summed E-state index contributed by atoms with van der Waals surface area (Å²) in [5.41, 5.74) is 4.72. The Bertz CT molecular complexity index is 1190. The molecule has 2 N–H and O–H groups in total. The number of nitrogens with one attached hydrogen (secondary N) is 2. The first kappa shape index (κ1) is 18.0. The molecule has 144 valence electrons. The lowest BCUT2D eigenvalue weighted by Gasteiger charge is -2.19.